The fourth-order valence-corrected chi connectivity index (χ4v) is 9.68. The number of nitrogens with zero attached hydrogens (tertiary/aromatic N) is 1. The Bertz CT molecular complexity index is 3390. The first-order chi connectivity index (χ1) is 29.7. The molecule has 2 unspecified atom stereocenters. The van der Waals surface area contributed by atoms with Crippen molar-refractivity contribution in [3.05, 3.63) is 206 Å². The SMILES string of the molecule is C1=CC2Oc3ccc(N(c4ccc(-c5ccc6oc7ccc8ccccc8c7c6c5)cc4)c4ccc(-c5ccc6oc7ccc8ccccc8c7c6c5)cc4)cc3C2C=C1. The van der Waals surface area contributed by atoms with Crippen LogP contribution in [0.5, 0.6) is 5.75 Å². The first-order valence-electron chi connectivity index (χ1n) is 20.5. The van der Waals surface area contributed by atoms with Gasteiger partial charge in [-0.25, -0.2) is 0 Å². The van der Waals surface area contributed by atoms with Crippen LogP contribution >= 0.6 is 0 Å². The molecule has 2 aromatic heterocycles. The Kier molecular flexibility index (Phi) is 7.10. The zero-order chi connectivity index (χ0) is 39.3. The molecule has 0 bridgehead atoms. The lowest BCUT2D eigenvalue weighted by atomic mass is 9.91. The summed E-state index contributed by atoms with van der Waals surface area (Å²) < 4.78 is 19.0. The van der Waals surface area contributed by atoms with Crippen LogP contribution < -0.4 is 9.64 Å². The Hall–Kier alpha value is -7.82. The van der Waals surface area contributed by atoms with Gasteiger partial charge in [-0.1, -0.05) is 115 Å². The van der Waals surface area contributed by atoms with Gasteiger partial charge in [0.2, 0.25) is 0 Å². The highest BCUT2D eigenvalue weighted by Crippen LogP contribution is 2.46. The molecule has 1 aliphatic heterocycles. The third-order valence-corrected chi connectivity index (χ3v) is 12.6. The molecule has 1 aliphatic carbocycles. The minimum Gasteiger partial charge on any atom is -0.485 e. The summed E-state index contributed by atoms with van der Waals surface area (Å²) in [5.74, 6) is 1.13. The number of rotatable bonds is 5. The smallest absolute Gasteiger partial charge is 0.136 e. The molecular weight excluding hydrogens is 735 g/mol. The van der Waals surface area contributed by atoms with Crippen LogP contribution in [0.3, 0.4) is 0 Å². The molecule has 0 radical (unpaired) electrons. The number of fused-ring (bicyclic) bond motifs is 13. The van der Waals surface area contributed by atoms with E-state index in [0.717, 1.165) is 88.9 Å². The van der Waals surface area contributed by atoms with Crippen molar-refractivity contribution >= 4 is 82.5 Å². The number of hydrogen-bond acceptors (Lipinski definition) is 4. The van der Waals surface area contributed by atoms with Crippen molar-refractivity contribution in [3.63, 3.8) is 0 Å². The molecule has 2 aliphatic rings. The number of allylic oxidation sites excluding steroid dienone is 2. The van der Waals surface area contributed by atoms with Gasteiger partial charge in [-0.3, -0.25) is 0 Å². The average molecular weight is 770 g/mol. The molecule has 13 rings (SSSR count). The monoisotopic (exact) mass is 769 g/mol. The maximum atomic E-state index is 6.37. The van der Waals surface area contributed by atoms with E-state index in [1.165, 1.54) is 27.1 Å². The van der Waals surface area contributed by atoms with Crippen LogP contribution in [0.15, 0.2) is 209 Å². The number of benzene rings is 9. The van der Waals surface area contributed by atoms with Gasteiger partial charge in [0.25, 0.3) is 0 Å². The predicted molar refractivity (Wildman–Crippen MR) is 247 cm³/mol. The highest BCUT2D eigenvalue weighted by atomic mass is 16.5. The minimum absolute atomic E-state index is 0.0256. The minimum atomic E-state index is 0.0256. The van der Waals surface area contributed by atoms with Crippen LogP contribution in [0.2, 0.25) is 0 Å². The van der Waals surface area contributed by atoms with Crippen molar-refractivity contribution in [1.29, 1.82) is 0 Å². The van der Waals surface area contributed by atoms with Crippen molar-refractivity contribution in [1.82, 2.24) is 0 Å². The molecule has 282 valence electrons. The lowest BCUT2D eigenvalue weighted by Gasteiger charge is -2.26. The van der Waals surface area contributed by atoms with E-state index < -0.39 is 0 Å². The standard InChI is InChI=1S/C56H35NO3/c1-3-9-43-36(7-1)17-28-53-55(43)47-31-38(19-26-51(47)59-53)34-13-21-40(22-14-34)57(42-25-30-50-46(33-42)45-11-5-6-12-49(45)58-50)41-23-15-35(16-24-41)39-20-27-52-48(32-39)56-44-10-4-2-8-37(44)18-29-54(56)60-52/h1-33,45,49H. The summed E-state index contributed by atoms with van der Waals surface area (Å²) in [6, 6.07) is 63.0. The number of hydrogen-bond donors (Lipinski definition) is 0. The summed E-state index contributed by atoms with van der Waals surface area (Å²) >= 11 is 0. The maximum Gasteiger partial charge on any atom is 0.136 e. The molecule has 0 saturated heterocycles. The summed E-state index contributed by atoms with van der Waals surface area (Å²) in [4.78, 5) is 2.35. The molecule has 0 spiro atoms. The van der Waals surface area contributed by atoms with Gasteiger partial charge in [0, 0.05) is 50.1 Å². The highest BCUT2D eigenvalue weighted by molar-refractivity contribution is 6.20. The van der Waals surface area contributed by atoms with E-state index in [1.54, 1.807) is 0 Å². The lowest BCUT2D eigenvalue weighted by Crippen LogP contribution is -2.15. The van der Waals surface area contributed by atoms with E-state index in [-0.39, 0.29) is 12.0 Å². The molecule has 2 atom stereocenters. The molecule has 4 nitrogen and oxygen atoms in total. The second-order valence-electron chi connectivity index (χ2n) is 16.0. The molecule has 0 N–H and O–H groups in total. The largest absolute Gasteiger partial charge is 0.485 e. The molecule has 0 saturated carbocycles. The summed E-state index contributed by atoms with van der Waals surface area (Å²) in [6.45, 7) is 0. The van der Waals surface area contributed by atoms with Gasteiger partial charge < -0.3 is 18.5 Å². The Labute approximate surface area is 345 Å². The molecule has 0 fully saturated rings. The third-order valence-electron chi connectivity index (χ3n) is 12.6. The lowest BCUT2D eigenvalue weighted by molar-refractivity contribution is 0.269. The van der Waals surface area contributed by atoms with E-state index in [9.17, 15) is 0 Å². The molecule has 0 amide bonds. The van der Waals surface area contributed by atoms with Gasteiger partial charge in [0.15, 0.2) is 0 Å². The van der Waals surface area contributed by atoms with Crippen LogP contribution in [0.25, 0.3) is 87.7 Å². The number of furan rings is 2. The molecular formula is C56H35NO3. The van der Waals surface area contributed by atoms with Crippen molar-refractivity contribution in [2.24, 2.45) is 0 Å². The summed E-state index contributed by atoms with van der Waals surface area (Å²) in [7, 11) is 0. The maximum absolute atomic E-state index is 6.37. The molecule has 9 aromatic carbocycles. The summed E-state index contributed by atoms with van der Waals surface area (Å²) in [5.41, 5.74) is 12.6. The normalized spacial score (nSPS) is 15.7. The number of anilines is 3. The van der Waals surface area contributed by atoms with E-state index in [0.29, 0.717) is 0 Å². The molecule has 11 aromatic rings. The third kappa shape index (κ3) is 5.11. The van der Waals surface area contributed by atoms with E-state index in [2.05, 4.69) is 205 Å². The van der Waals surface area contributed by atoms with Gasteiger partial charge in [0.1, 0.15) is 34.2 Å². The zero-order valence-corrected chi connectivity index (χ0v) is 32.4. The highest BCUT2D eigenvalue weighted by Gasteiger charge is 2.33. The summed E-state index contributed by atoms with van der Waals surface area (Å²) in [5, 5.41) is 9.41. The topological polar surface area (TPSA) is 38.8 Å². The fraction of sp³-hybridized carbons (Fsp3) is 0.0357. The van der Waals surface area contributed by atoms with Crippen LogP contribution in [0, 0.1) is 0 Å². The quantitative estimate of drug-likeness (QED) is 0.175. The second kappa shape index (κ2) is 12.8. The second-order valence-corrected chi connectivity index (χ2v) is 16.0. The van der Waals surface area contributed by atoms with Gasteiger partial charge in [-0.15, -0.1) is 0 Å². The predicted octanol–water partition coefficient (Wildman–Crippen LogP) is 15.6. The first kappa shape index (κ1) is 33.2. The van der Waals surface area contributed by atoms with Crippen LogP contribution in [0.1, 0.15) is 11.5 Å². The van der Waals surface area contributed by atoms with Crippen molar-refractivity contribution in [2.75, 3.05) is 4.90 Å². The average Bonchev–Trinajstić information content (AvgIpc) is 4.00. The van der Waals surface area contributed by atoms with E-state index >= 15 is 0 Å². The van der Waals surface area contributed by atoms with Gasteiger partial charge >= 0.3 is 0 Å². The van der Waals surface area contributed by atoms with Crippen molar-refractivity contribution < 1.29 is 13.6 Å². The van der Waals surface area contributed by atoms with E-state index in [4.69, 9.17) is 13.6 Å². The van der Waals surface area contributed by atoms with Crippen molar-refractivity contribution in [3.8, 4) is 28.0 Å². The number of ether oxygens (including phenoxy) is 1. The van der Waals surface area contributed by atoms with Crippen LogP contribution in [-0.2, 0) is 0 Å². The van der Waals surface area contributed by atoms with Gasteiger partial charge in [0.05, 0.1) is 0 Å². The fourth-order valence-electron chi connectivity index (χ4n) is 9.68. The summed E-state index contributed by atoms with van der Waals surface area (Å²) in [6.07, 6.45) is 8.63. The molecule has 3 heterocycles. The Morgan fingerprint density at radius 1 is 0.383 bits per heavy atom. The van der Waals surface area contributed by atoms with Gasteiger partial charge in [-0.2, -0.15) is 0 Å². The molecule has 60 heavy (non-hydrogen) atoms. The Morgan fingerprint density at radius 2 is 0.883 bits per heavy atom. The first-order valence-corrected chi connectivity index (χ1v) is 20.5. The van der Waals surface area contributed by atoms with Crippen LogP contribution in [0.4, 0.5) is 17.1 Å². The van der Waals surface area contributed by atoms with E-state index in [1.807, 2.05) is 0 Å². The van der Waals surface area contributed by atoms with Gasteiger partial charge in [-0.05, 0) is 129 Å². The Balaban J connectivity index is 0.900. The zero-order valence-electron chi connectivity index (χ0n) is 32.4. The Morgan fingerprint density at radius 3 is 1.47 bits per heavy atom. The van der Waals surface area contributed by atoms with Crippen molar-refractivity contribution in [2.45, 2.75) is 12.0 Å². The molecule has 4 heteroatoms. The van der Waals surface area contributed by atoms with Crippen LogP contribution in [-0.4, -0.2) is 6.10 Å².